The molecule has 0 aliphatic heterocycles. The van der Waals surface area contributed by atoms with Crippen LogP contribution in [0.5, 0.6) is 0 Å². The molecule has 0 amide bonds. The van der Waals surface area contributed by atoms with Crippen LogP contribution in [-0.2, 0) is 9.53 Å². The lowest BCUT2D eigenvalue weighted by molar-refractivity contribution is -0.148. The van der Waals surface area contributed by atoms with Crippen LogP contribution in [0.2, 0.25) is 0 Å². The summed E-state index contributed by atoms with van der Waals surface area (Å²) in [5, 5.41) is 0. The highest BCUT2D eigenvalue weighted by atomic mass is 16.6. The second-order valence-electron chi connectivity index (χ2n) is 6.30. The van der Waals surface area contributed by atoms with Crippen LogP contribution in [0.15, 0.2) is 12.2 Å². The molecule has 0 bridgehead atoms. The highest BCUT2D eigenvalue weighted by Crippen LogP contribution is 2.27. The molecule has 2 N–H and O–H groups in total. The molecular formula is C15H27NO2. The number of hydrogen-bond acceptors (Lipinski definition) is 3. The lowest BCUT2D eigenvalue weighted by Gasteiger charge is -2.23. The van der Waals surface area contributed by atoms with Crippen molar-refractivity contribution in [2.45, 2.75) is 70.9 Å². The van der Waals surface area contributed by atoms with Crippen LogP contribution in [0, 0.1) is 5.92 Å². The molecule has 3 nitrogen and oxygen atoms in total. The summed E-state index contributed by atoms with van der Waals surface area (Å²) in [5.74, 6) is 0.429. The van der Waals surface area contributed by atoms with E-state index in [1.54, 1.807) is 6.08 Å². The van der Waals surface area contributed by atoms with Gasteiger partial charge in [-0.1, -0.05) is 38.2 Å². The van der Waals surface area contributed by atoms with Gasteiger partial charge in [-0.3, -0.25) is 0 Å². The van der Waals surface area contributed by atoms with Gasteiger partial charge in [0.2, 0.25) is 0 Å². The van der Waals surface area contributed by atoms with Crippen molar-refractivity contribution in [3.63, 3.8) is 0 Å². The molecule has 1 atom stereocenters. The Bertz CT molecular complexity index is 285. The molecule has 0 heterocycles. The molecule has 0 aromatic heterocycles. The van der Waals surface area contributed by atoms with E-state index in [0.29, 0.717) is 0 Å². The molecule has 1 rings (SSSR count). The first-order valence-electron chi connectivity index (χ1n) is 7.03. The fraction of sp³-hybridized carbons (Fsp3) is 0.800. The smallest absolute Gasteiger partial charge is 0.330 e. The standard InChI is InChI=1S/C15H27NO2/c1-15(2,3)18-14(17)10-9-13(16)11-12-7-5-4-6-8-12/h9-10,12-13H,4-8,11,16H2,1-3H3. The molecule has 0 aromatic rings. The molecule has 1 unspecified atom stereocenters. The largest absolute Gasteiger partial charge is 0.457 e. The molecule has 0 aromatic carbocycles. The Morgan fingerprint density at radius 2 is 1.94 bits per heavy atom. The van der Waals surface area contributed by atoms with Crippen LogP contribution < -0.4 is 5.73 Å². The van der Waals surface area contributed by atoms with E-state index in [1.807, 2.05) is 20.8 Å². The third-order valence-corrected chi connectivity index (χ3v) is 3.22. The number of esters is 1. The van der Waals surface area contributed by atoms with E-state index in [0.717, 1.165) is 12.3 Å². The normalized spacial score (nSPS) is 20.0. The zero-order valence-electron chi connectivity index (χ0n) is 11.9. The van der Waals surface area contributed by atoms with Crippen molar-refractivity contribution < 1.29 is 9.53 Å². The Hall–Kier alpha value is -0.830. The predicted molar refractivity (Wildman–Crippen MR) is 74.2 cm³/mol. The maximum absolute atomic E-state index is 11.5. The molecule has 104 valence electrons. The minimum atomic E-state index is -0.436. The SMILES string of the molecule is CC(C)(C)OC(=O)C=CC(N)CC1CCCCC1. The number of nitrogens with two attached hydrogens (primary N) is 1. The fourth-order valence-electron chi connectivity index (χ4n) is 2.42. The van der Waals surface area contributed by atoms with E-state index in [-0.39, 0.29) is 12.0 Å². The van der Waals surface area contributed by atoms with Crippen molar-refractivity contribution in [1.29, 1.82) is 0 Å². The van der Waals surface area contributed by atoms with Crippen molar-refractivity contribution in [2.24, 2.45) is 11.7 Å². The maximum atomic E-state index is 11.5. The summed E-state index contributed by atoms with van der Waals surface area (Å²) in [4.78, 5) is 11.5. The summed E-state index contributed by atoms with van der Waals surface area (Å²) in [7, 11) is 0. The Kier molecular flexibility index (Phi) is 5.86. The van der Waals surface area contributed by atoms with Gasteiger partial charge >= 0.3 is 5.97 Å². The first-order valence-corrected chi connectivity index (χ1v) is 7.03. The Morgan fingerprint density at radius 1 is 1.33 bits per heavy atom. The van der Waals surface area contributed by atoms with Crippen LogP contribution in [0.4, 0.5) is 0 Å². The Labute approximate surface area is 111 Å². The van der Waals surface area contributed by atoms with Crippen LogP contribution in [0.3, 0.4) is 0 Å². The number of ether oxygens (including phenoxy) is 1. The van der Waals surface area contributed by atoms with E-state index in [4.69, 9.17) is 10.5 Å². The van der Waals surface area contributed by atoms with E-state index >= 15 is 0 Å². The van der Waals surface area contributed by atoms with Gasteiger partial charge in [-0.15, -0.1) is 0 Å². The molecule has 1 saturated carbocycles. The topological polar surface area (TPSA) is 52.3 Å². The van der Waals surface area contributed by atoms with E-state index in [2.05, 4.69) is 0 Å². The monoisotopic (exact) mass is 253 g/mol. The summed E-state index contributed by atoms with van der Waals surface area (Å²) in [6, 6.07) is -0.0272. The summed E-state index contributed by atoms with van der Waals surface area (Å²) >= 11 is 0. The van der Waals surface area contributed by atoms with E-state index < -0.39 is 5.60 Å². The van der Waals surface area contributed by atoms with Crippen molar-refractivity contribution in [3.05, 3.63) is 12.2 Å². The number of hydrogen-bond donors (Lipinski definition) is 1. The highest BCUT2D eigenvalue weighted by Gasteiger charge is 2.17. The summed E-state index contributed by atoms with van der Waals surface area (Å²) in [6.45, 7) is 5.59. The molecule has 0 saturated heterocycles. The van der Waals surface area contributed by atoms with Gasteiger partial charge in [0.05, 0.1) is 0 Å². The van der Waals surface area contributed by atoms with Gasteiger partial charge in [-0.25, -0.2) is 4.79 Å². The predicted octanol–water partition coefficient (Wildman–Crippen LogP) is 3.18. The second-order valence-corrected chi connectivity index (χ2v) is 6.30. The van der Waals surface area contributed by atoms with Crippen molar-refractivity contribution in [1.82, 2.24) is 0 Å². The van der Waals surface area contributed by atoms with Gasteiger partial charge < -0.3 is 10.5 Å². The molecule has 3 heteroatoms. The molecule has 0 spiro atoms. The minimum Gasteiger partial charge on any atom is -0.457 e. The van der Waals surface area contributed by atoms with E-state index in [1.165, 1.54) is 38.2 Å². The minimum absolute atomic E-state index is 0.0272. The molecule has 1 aliphatic carbocycles. The van der Waals surface area contributed by atoms with Gasteiger partial charge in [0, 0.05) is 12.1 Å². The van der Waals surface area contributed by atoms with Gasteiger partial charge in [0.1, 0.15) is 5.60 Å². The maximum Gasteiger partial charge on any atom is 0.330 e. The van der Waals surface area contributed by atoms with E-state index in [9.17, 15) is 4.79 Å². The fourth-order valence-corrected chi connectivity index (χ4v) is 2.42. The second kappa shape index (κ2) is 6.93. The zero-order chi connectivity index (χ0) is 13.6. The van der Waals surface area contributed by atoms with Crippen LogP contribution in [0.25, 0.3) is 0 Å². The van der Waals surface area contributed by atoms with Crippen LogP contribution in [-0.4, -0.2) is 17.6 Å². The van der Waals surface area contributed by atoms with Gasteiger partial charge in [-0.2, -0.15) is 0 Å². The molecular weight excluding hydrogens is 226 g/mol. The lowest BCUT2D eigenvalue weighted by atomic mass is 9.85. The first kappa shape index (κ1) is 15.2. The average Bonchev–Trinajstić information content (AvgIpc) is 2.25. The van der Waals surface area contributed by atoms with Crippen LogP contribution in [0.1, 0.15) is 59.3 Å². The summed E-state index contributed by atoms with van der Waals surface area (Å²) in [6.07, 6.45) is 10.8. The van der Waals surface area contributed by atoms with Crippen LogP contribution >= 0.6 is 0 Å². The summed E-state index contributed by atoms with van der Waals surface area (Å²) in [5.41, 5.74) is 5.59. The lowest BCUT2D eigenvalue weighted by Crippen LogP contribution is -2.25. The van der Waals surface area contributed by atoms with Gasteiger partial charge in [0.25, 0.3) is 0 Å². The number of rotatable bonds is 4. The third kappa shape index (κ3) is 6.80. The van der Waals surface area contributed by atoms with Gasteiger partial charge in [0.15, 0.2) is 0 Å². The average molecular weight is 253 g/mol. The van der Waals surface area contributed by atoms with Crippen molar-refractivity contribution in [3.8, 4) is 0 Å². The number of carbonyl (C=O) groups excluding carboxylic acids is 1. The quantitative estimate of drug-likeness (QED) is 0.618. The molecule has 18 heavy (non-hydrogen) atoms. The first-order chi connectivity index (χ1) is 8.37. The zero-order valence-corrected chi connectivity index (χ0v) is 11.9. The highest BCUT2D eigenvalue weighted by molar-refractivity contribution is 5.82. The molecule has 1 fully saturated rings. The Balaban J connectivity index is 2.29. The summed E-state index contributed by atoms with van der Waals surface area (Å²) < 4.78 is 5.20. The number of carbonyl (C=O) groups is 1. The van der Waals surface area contributed by atoms with Crippen molar-refractivity contribution >= 4 is 5.97 Å². The Morgan fingerprint density at radius 3 is 2.50 bits per heavy atom. The van der Waals surface area contributed by atoms with Gasteiger partial charge in [-0.05, 0) is 33.1 Å². The third-order valence-electron chi connectivity index (χ3n) is 3.22. The molecule has 1 aliphatic rings. The molecule has 0 radical (unpaired) electrons. The van der Waals surface area contributed by atoms with Crippen molar-refractivity contribution in [2.75, 3.05) is 0 Å².